The molecule has 28 heavy (non-hydrogen) atoms. The predicted molar refractivity (Wildman–Crippen MR) is 109 cm³/mol. The third kappa shape index (κ3) is 4.56. The minimum Gasteiger partial charge on any atom is -0.497 e. The van der Waals surface area contributed by atoms with E-state index in [0.717, 1.165) is 17.1 Å². The van der Waals surface area contributed by atoms with E-state index in [1.807, 2.05) is 43.3 Å². The van der Waals surface area contributed by atoms with Gasteiger partial charge in [0.1, 0.15) is 17.3 Å². The minimum absolute atomic E-state index is 0.0251. The van der Waals surface area contributed by atoms with E-state index in [9.17, 15) is 4.79 Å². The average Bonchev–Trinajstić information content (AvgIpc) is 2.68. The van der Waals surface area contributed by atoms with Gasteiger partial charge in [-0.25, -0.2) is 4.98 Å². The van der Waals surface area contributed by atoms with Gasteiger partial charge in [-0.15, -0.1) is 0 Å². The van der Waals surface area contributed by atoms with Crippen molar-refractivity contribution in [2.45, 2.75) is 13.8 Å². The molecule has 0 spiro atoms. The molecule has 3 aromatic rings. The first-order valence-corrected chi connectivity index (χ1v) is 8.71. The molecule has 0 unspecified atom stereocenters. The topological polar surface area (TPSA) is 85.4 Å². The third-order valence-electron chi connectivity index (χ3n) is 4.07. The second-order valence-corrected chi connectivity index (χ2v) is 6.17. The van der Waals surface area contributed by atoms with Gasteiger partial charge in [0.25, 0.3) is 0 Å². The van der Waals surface area contributed by atoms with E-state index in [1.54, 1.807) is 26.4 Å². The number of carbonyl (C=O) groups excluding carboxylic acids is 1. The van der Waals surface area contributed by atoms with E-state index in [0.29, 0.717) is 28.8 Å². The maximum absolute atomic E-state index is 11.4. The van der Waals surface area contributed by atoms with Gasteiger partial charge in [-0.3, -0.25) is 4.79 Å². The van der Waals surface area contributed by atoms with E-state index in [1.165, 1.54) is 6.92 Å². The predicted octanol–water partition coefficient (Wildman–Crippen LogP) is 4.49. The number of aromatic nitrogens is 2. The monoisotopic (exact) mass is 378 g/mol. The Kier molecular flexibility index (Phi) is 5.74. The first kappa shape index (κ1) is 19.2. The zero-order chi connectivity index (χ0) is 20.1. The molecule has 1 heterocycles. The fourth-order valence-electron chi connectivity index (χ4n) is 2.66. The number of aryl methyl sites for hydroxylation is 1. The molecule has 3 rings (SSSR count). The number of ether oxygens (including phenoxy) is 2. The molecule has 0 saturated heterocycles. The fraction of sp³-hybridized carbons (Fsp3) is 0.190. The van der Waals surface area contributed by atoms with Crippen LogP contribution < -0.4 is 20.1 Å². The molecule has 0 atom stereocenters. The summed E-state index contributed by atoms with van der Waals surface area (Å²) in [5.41, 5.74) is 2.97. The number of carbonyl (C=O) groups is 1. The number of ketones is 1. The van der Waals surface area contributed by atoms with Crippen molar-refractivity contribution in [2.75, 3.05) is 24.9 Å². The van der Waals surface area contributed by atoms with E-state index in [-0.39, 0.29) is 5.78 Å². The fourth-order valence-corrected chi connectivity index (χ4v) is 2.66. The van der Waals surface area contributed by atoms with E-state index in [4.69, 9.17) is 9.47 Å². The van der Waals surface area contributed by atoms with Crippen molar-refractivity contribution in [1.82, 2.24) is 9.97 Å². The first-order valence-electron chi connectivity index (χ1n) is 8.71. The quantitative estimate of drug-likeness (QED) is 0.586. The summed E-state index contributed by atoms with van der Waals surface area (Å²) in [4.78, 5) is 20.3. The molecule has 0 aliphatic carbocycles. The van der Waals surface area contributed by atoms with Crippen molar-refractivity contribution >= 4 is 28.9 Å². The van der Waals surface area contributed by atoms with Crippen LogP contribution in [0.1, 0.15) is 23.0 Å². The van der Waals surface area contributed by atoms with Crippen LogP contribution in [0.15, 0.2) is 48.5 Å². The Labute approximate surface area is 163 Å². The molecule has 7 heteroatoms. The molecule has 0 fully saturated rings. The van der Waals surface area contributed by atoms with Crippen LogP contribution in [-0.2, 0) is 0 Å². The lowest BCUT2D eigenvalue weighted by Gasteiger charge is -2.13. The number of anilines is 4. The van der Waals surface area contributed by atoms with Crippen LogP contribution in [-0.4, -0.2) is 30.0 Å². The molecular weight excluding hydrogens is 356 g/mol. The van der Waals surface area contributed by atoms with Crippen molar-refractivity contribution in [1.29, 1.82) is 0 Å². The second kappa shape index (κ2) is 8.39. The number of nitrogens with one attached hydrogen (secondary N) is 2. The zero-order valence-electron chi connectivity index (χ0n) is 16.2. The smallest absolute Gasteiger partial charge is 0.229 e. The maximum atomic E-state index is 11.4. The molecule has 0 aliphatic heterocycles. The molecule has 2 aromatic carbocycles. The minimum atomic E-state index is 0.0251. The number of Topliss-reactive ketones (excluding diaryl/α,β-unsaturated/α-hetero) is 1. The highest BCUT2D eigenvalue weighted by atomic mass is 16.5. The standard InChI is InChI=1S/C21H22N4O3/c1-13-11-20(24-18-12-17(27-3)9-10-19(18)28-4)25-21(22-13)23-16-7-5-15(6-8-16)14(2)26/h5-12H,1-4H3,(H2,22,23,24,25). The lowest BCUT2D eigenvalue weighted by atomic mass is 10.1. The summed E-state index contributed by atoms with van der Waals surface area (Å²) in [6.07, 6.45) is 0. The average molecular weight is 378 g/mol. The summed E-state index contributed by atoms with van der Waals surface area (Å²) in [5, 5.41) is 6.41. The molecule has 7 nitrogen and oxygen atoms in total. The SMILES string of the molecule is COc1ccc(OC)c(Nc2cc(C)nc(Nc3ccc(C(C)=O)cc3)n2)c1. The van der Waals surface area contributed by atoms with Gasteiger partial charge >= 0.3 is 0 Å². The molecule has 144 valence electrons. The summed E-state index contributed by atoms with van der Waals surface area (Å²) in [6.45, 7) is 3.43. The molecule has 0 aliphatic rings. The highest BCUT2D eigenvalue weighted by Crippen LogP contribution is 2.31. The molecule has 0 saturated carbocycles. The van der Waals surface area contributed by atoms with Crippen LogP contribution in [0.5, 0.6) is 11.5 Å². The maximum Gasteiger partial charge on any atom is 0.229 e. The van der Waals surface area contributed by atoms with Gasteiger partial charge in [0.05, 0.1) is 19.9 Å². The van der Waals surface area contributed by atoms with Crippen LogP contribution >= 0.6 is 0 Å². The van der Waals surface area contributed by atoms with Crippen LogP contribution in [0.2, 0.25) is 0 Å². The Morgan fingerprint density at radius 2 is 1.68 bits per heavy atom. The van der Waals surface area contributed by atoms with Gasteiger partial charge in [0.15, 0.2) is 5.78 Å². The van der Waals surface area contributed by atoms with Gasteiger partial charge in [0.2, 0.25) is 5.95 Å². The lowest BCUT2D eigenvalue weighted by Crippen LogP contribution is -2.03. The second-order valence-electron chi connectivity index (χ2n) is 6.17. The van der Waals surface area contributed by atoms with Crippen LogP contribution in [0.4, 0.5) is 23.1 Å². The van der Waals surface area contributed by atoms with Crippen molar-refractivity contribution < 1.29 is 14.3 Å². The Morgan fingerprint density at radius 1 is 0.929 bits per heavy atom. The van der Waals surface area contributed by atoms with Gasteiger partial charge in [-0.1, -0.05) is 0 Å². The van der Waals surface area contributed by atoms with Crippen LogP contribution in [0, 0.1) is 6.92 Å². The molecular formula is C21H22N4O3. The molecule has 2 N–H and O–H groups in total. The summed E-state index contributed by atoms with van der Waals surface area (Å²) < 4.78 is 10.7. The van der Waals surface area contributed by atoms with E-state index < -0.39 is 0 Å². The number of methoxy groups -OCH3 is 2. The number of hydrogen-bond acceptors (Lipinski definition) is 7. The van der Waals surface area contributed by atoms with Crippen molar-refractivity contribution in [3.63, 3.8) is 0 Å². The van der Waals surface area contributed by atoms with Gasteiger partial charge in [-0.2, -0.15) is 4.98 Å². The zero-order valence-corrected chi connectivity index (χ0v) is 16.2. The van der Waals surface area contributed by atoms with Crippen LogP contribution in [0.25, 0.3) is 0 Å². The Hall–Kier alpha value is -3.61. The summed E-state index contributed by atoms with van der Waals surface area (Å²) >= 11 is 0. The number of rotatable bonds is 7. The van der Waals surface area contributed by atoms with Gasteiger partial charge < -0.3 is 20.1 Å². The summed E-state index contributed by atoms with van der Waals surface area (Å²) in [7, 11) is 3.22. The number of nitrogens with zero attached hydrogens (tertiary/aromatic N) is 2. The summed E-state index contributed by atoms with van der Waals surface area (Å²) in [6, 6.07) is 14.5. The first-order chi connectivity index (χ1) is 13.5. The number of hydrogen-bond donors (Lipinski definition) is 2. The van der Waals surface area contributed by atoms with E-state index >= 15 is 0 Å². The molecule has 1 aromatic heterocycles. The Bertz CT molecular complexity index is 987. The van der Waals surface area contributed by atoms with Gasteiger partial charge in [0, 0.05) is 29.1 Å². The lowest BCUT2D eigenvalue weighted by molar-refractivity contribution is 0.101. The number of benzene rings is 2. The van der Waals surface area contributed by atoms with Crippen molar-refractivity contribution in [2.24, 2.45) is 0 Å². The third-order valence-corrected chi connectivity index (χ3v) is 4.07. The molecule has 0 bridgehead atoms. The molecule has 0 amide bonds. The normalized spacial score (nSPS) is 10.3. The van der Waals surface area contributed by atoms with Crippen LogP contribution in [0.3, 0.4) is 0 Å². The van der Waals surface area contributed by atoms with Crippen molar-refractivity contribution in [3.05, 3.63) is 59.8 Å². The Morgan fingerprint density at radius 3 is 2.32 bits per heavy atom. The highest BCUT2D eigenvalue weighted by molar-refractivity contribution is 5.94. The van der Waals surface area contributed by atoms with E-state index in [2.05, 4.69) is 20.6 Å². The van der Waals surface area contributed by atoms with Crippen molar-refractivity contribution in [3.8, 4) is 11.5 Å². The Balaban J connectivity index is 1.84. The van der Waals surface area contributed by atoms with Gasteiger partial charge in [-0.05, 0) is 50.2 Å². The molecule has 0 radical (unpaired) electrons. The largest absolute Gasteiger partial charge is 0.497 e. The summed E-state index contributed by atoms with van der Waals surface area (Å²) in [5.74, 6) is 2.46. The highest BCUT2D eigenvalue weighted by Gasteiger charge is 2.09.